The average Bonchev–Trinajstić information content (AvgIpc) is 3.27. The zero-order valence-electron chi connectivity index (χ0n) is 17.4. The number of carbonyl (C=O) groups excluding carboxylic acids is 2. The molecule has 2 amide bonds. The molecule has 0 saturated heterocycles. The van der Waals surface area contributed by atoms with Gasteiger partial charge in [-0.3, -0.25) is 9.59 Å². The maximum atomic E-state index is 13.1. The van der Waals surface area contributed by atoms with Gasteiger partial charge in [-0.15, -0.1) is 0 Å². The molecule has 4 rings (SSSR count). The van der Waals surface area contributed by atoms with Crippen LogP contribution in [0.15, 0.2) is 54.7 Å². The maximum Gasteiger partial charge on any atom is 0.255 e. The number of amides is 2. The summed E-state index contributed by atoms with van der Waals surface area (Å²) in [6.07, 6.45) is 2.86. The van der Waals surface area contributed by atoms with Crippen LogP contribution in [-0.2, 0) is 9.53 Å². The van der Waals surface area contributed by atoms with E-state index in [2.05, 4.69) is 10.3 Å². The van der Waals surface area contributed by atoms with Gasteiger partial charge in [-0.25, -0.2) is 0 Å². The summed E-state index contributed by atoms with van der Waals surface area (Å²) >= 11 is 0. The minimum atomic E-state index is -0.292. The van der Waals surface area contributed by atoms with E-state index < -0.39 is 0 Å². The third-order valence-corrected chi connectivity index (χ3v) is 5.38. The van der Waals surface area contributed by atoms with E-state index in [1.165, 1.54) is 0 Å². The molecule has 3 aromatic rings. The summed E-state index contributed by atoms with van der Waals surface area (Å²) in [7, 11) is 0. The largest absolute Gasteiger partial charge is 0.379 e. The molecule has 0 radical (unpaired) electrons. The summed E-state index contributed by atoms with van der Waals surface area (Å²) in [5.41, 5.74) is 3.61. The van der Waals surface area contributed by atoms with Crippen molar-refractivity contribution in [1.29, 1.82) is 0 Å². The first-order chi connectivity index (χ1) is 14.6. The Balaban J connectivity index is 1.54. The van der Waals surface area contributed by atoms with Gasteiger partial charge in [0, 0.05) is 41.4 Å². The Labute approximate surface area is 176 Å². The number of aromatic nitrogens is 1. The zero-order chi connectivity index (χ0) is 21.1. The van der Waals surface area contributed by atoms with Gasteiger partial charge >= 0.3 is 0 Å². The number of rotatable bonds is 8. The smallest absolute Gasteiger partial charge is 0.255 e. The molecule has 30 heavy (non-hydrogen) atoms. The van der Waals surface area contributed by atoms with Gasteiger partial charge in [0.1, 0.15) is 6.54 Å². The van der Waals surface area contributed by atoms with Crippen molar-refractivity contribution in [2.24, 2.45) is 0 Å². The molecule has 6 heteroatoms. The molecule has 2 aromatic carbocycles. The molecule has 0 saturated carbocycles. The predicted octanol–water partition coefficient (Wildman–Crippen LogP) is 3.64. The second-order valence-electron chi connectivity index (χ2n) is 7.84. The third kappa shape index (κ3) is 3.96. The van der Waals surface area contributed by atoms with E-state index in [0.29, 0.717) is 18.7 Å². The van der Waals surface area contributed by atoms with Crippen LogP contribution in [0, 0.1) is 0 Å². The Morgan fingerprint density at radius 1 is 1.13 bits per heavy atom. The second kappa shape index (κ2) is 8.71. The van der Waals surface area contributed by atoms with Crippen molar-refractivity contribution < 1.29 is 14.3 Å². The number of para-hydroxylation sites is 1. The number of H-pyrrole nitrogens is 1. The first kappa shape index (κ1) is 20.2. The summed E-state index contributed by atoms with van der Waals surface area (Å²) in [6.45, 7) is 5.12. The molecule has 1 aromatic heterocycles. The number of aromatic amines is 1. The normalized spacial score (nSPS) is 15.8. The highest BCUT2D eigenvalue weighted by Gasteiger charge is 2.39. The first-order valence-corrected chi connectivity index (χ1v) is 10.4. The van der Waals surface area contributed by atoms with Gasteiger partial charge in [0.25, 0.3) is 5.91 Å². The lowest BCUT2D eigenvalue weighted by atomic mass is 9.97. The second-order valence-corrected chi connectivity index (χ2v) is 7.84. The van der Waals surface area contributed by atoms with Crippen LogP contribution in [0.2, 0.25) is 0 Å². The quantitative estimate of drug-likeness (QED) is 0.562. The number of hydrogen-bond acceptors (Lipinski definition) is 3. The summed E-state index contributed by atoms with van der Waals surface area (Å²) in [6, 6.07) is 15.3. The van der Waals surface area contributed by atoms with Crippen molar-refractivity contribution in [3.63, 3.8) is 0 Å². The standard InChI is InChI=1S/C24H27N3O3/c1-16(2)30-13-7-12-25-22(28)15-27-23(18-9-3-4-10-19(18)24(27)29)20-14-26-21-11-6-5-8-17(20)21/h3-6,8-11,14,16,23,26H,7,12-13,15H2,1-2H3,(H,25,28)/t23-/m0/s1. The molecule has 1 aliphatic heterocycles. The van der Waals surface area contributed by atoms with Crippen molar-refractivity contribution >= 4 is 22.7 Å². The van der Waals surface area contributed by atoms with E-state index in [9.17, 15) is 9.59 Å². The van der Waals surface area contributed by atoms with E-state index in [4.69, 9.17) is 4.74 Å². The molecule has 0 unspecified atom stereocenters. The lowest BCUT2D eigenvalue weighted by molar-refractivity contribution is -0.122. The maximum absolute atomic E-state index is 13.1. The van der Waals surface area contributed by atoms with E-state index in [1.807, 2.05) is 68.6 Å². The van der Waals surface area contributed by atoms with Crippen molar-refractivity contribution in [2.45, 2.75) is 32.4 Å². The molecule has 0 bridgehead atoms. The van der Waals surface area contributed by atoms with E-state index in [1.54, 1.807) is 4.90 Å². The molecule has 1 aliphatic rings. The van der Waals surface area contributed by atoms with Crippen LogP contribution in [0.4, 0.5) is 0 Å². The third-order valence-electron chi connectivity index (χ3n) is 5.38. The number of carbonyl (C=O) groups is 2. The number of ether oxygens (including phenoxy) is 1. The van der Waals surface area contributed by atoms with Gasteiger partial charge in [0.15, 0.2) is 0 Å². The van der Waals surface area contributed by atoms with E-state index in [0.717, 1.165) is 28.5 Å². The minimum Gasteiger partial charge on any atom is -0.379 e. The fourth-order valence-electron chi connectivity index (χ4n) is 4.02. The molecule has 2 heterocycles. The Bertz CT molecular complexity index is 1060. The Morgan fingerprint density at radius 2 is 1.90 bits per heavy atom. The van der Waals surface area contributed by atoms with Gasteiger partial charge in [0.2, 0.25) is 5.91 Å². The number of fused-ring (bicyclic) bond motifs is 2. The van der Waals surface area contributed by atoms with E-state index in [-0.39, 0.29) is 30.5 Å². The highest BCUT2D eigenvalue weighted by Crippen LogP contribution is 2.40. The predicted molar refractivity (Wildman–Crippen MR) is 116 cm³/mol. The fourth-order valence-corrected chi connectivity index (χ4v) is 4.02. The number of nitrogens with zero attached hydrogens (tertiary/aromatic N) is 1. The lowest BCUT2D eigenvalue weighted by Gasteiger charge is -2.25. The van der Waals surface area contributed by atoms with Crippen molar-refractivity contribution in [3.05, 3.63) is 71.4 Å². The SMILES string of the molecule is CC(C)OCCCNC(=O)CN1C(=O)c2ccccc2[C@H]1c1c[nH]c2ccccc12. The summed E-state index contributed by atoms with van der Waals surface area (Å²) in [4.78, 5) is 30.7. The van der Waals surface area contributed by atoms with Crippen molar-refractivity contribution in [1.82, 2.24) is 15.2 Å². The Morgan fingerprint density at radius 3 is 2.73 bits per heavy atom. The van der Waals surface area contributed by atoms with Gasteiger partial charge in [-0.05, 0) is 38.0 Å². The van der Waals surface area contributed by atoms with Gasteiger partial charge in [-0.1, -0.05) is 36.4 Å². The number of nitrogens with one attached hydrogen (secondary N) is 2. The Hall–Kier alpha value is -3.12. The van der Waals surface area contributed by atoms with Crippen LogP contribution in [-0.4, -0.2) is 47.5 Å². The molecular weight excluding hydrogens is 378 g/mol. The van der Waals surface area contributed by atoms with Crippen molar-refractivity contribution in [3.8, 4) is 0 Å². The van der Waals surface area contributed by atoms with Crippen LogP contribution in [0.25, 0.3) is 10.9 Å². The molecule has 0 aliphatic carbocycles. The number of benzene rings is 2. The van der Waals surface area contributed by atoms with Gasteiger partial charge in [0.05, 0.1) is 12.1 Å². The minimum absolute atomic E-state index is 0.0166. The van der Waals surface area contributed by atoms with Gasteiger partial charge < -0.3 is 19.9 Å². The lowest BCUT2D eigenvalue weighted by Crippen LogP contribution is -2.40. The van der Waals surface area contributed by atoms with Crippen molar-refractivity contribution in [2.75, 3.05) is 19.7 Å². The molecule has 0 spiro atoms. The Kier molecular flexibility index (Phi) is 5.86. The highest BCUT2D eigenvalue weighted by molar-refractivity contribution is 6.02. The zero-order valence-corrected chi connectivity index (χ0v) is 17.4. The monoisotopic (exact) mass is 405 g/mol. The first-order valence-electron chi connectivity index (χ1n) is 10.4. The van der Waals surface area contributed by atoms with Crippen LogP contribution in [0.5, 0.6) is 0 Å². The van der Waals surface area contributed by atoms with Crippen LogP contribution in [0.3, 0.4) is 0 Å². The summed E-state index contributed by atoms with van der Waals surface area (Å²) in [5.74, 6) is -0.273. The van der Waals surface area contributed by atoms with Crippen LogP contribution < -0.4 is 5.32 Å². The molecule has 1 atom stereocenters. The molecule has 6 nitrogen and oxygen atoms in total. The fraction of sp³-hybridized carbons (Fsp3) is 0.333. The molecule has 2 N–H and O–H groups in total. The molecule has 156 valence electrons. The van der Waals surface area contributed by atoms with Gasteiger partial charge in [-0.2, -0.15) is 0 Å². The highest BCUT2D eigenvalue weighted by atomic mass is 16.5. The summed E-state index contributed by atoms with van der Waals surface area (Å²) in [5, 5.41) is 3.97. The number of hydrogen-bond donors (Lipinski definition) is 2. The average molecular weight is 405 g/mol. The van der Waals surface area contributed by atoms with E-state index >= 15 is 0 Å². The topological polar surface area (TPSA) is 74.4 Å². The van der Waals surface area contributed by atoms with Crippen LogP contribution >= 0.6 is 0 Å². The molecular formula is C24H27N3O3. The molecule has 0 fully saturated rings. The summed E-state index contributed by atoms with van der Waals surface area (Å²) < 4.78 is 5.50. The van der Waals surface area contributed by atoms with Crippen LogP contribution in [0.1, 0.15) is 47.8 Å².